The molecule has 1 atom stereocenters. The summed E-state index contributed by atoms with van der Waals surface area (Å²) in [6, 6.07) is 5.38. The summed E-state index contributed by atoms with van der Waals surface area (Å²) in [6.07, 6.45) is 3.70. The molecule has 0 spiro atoms. The van der Waals surface area contributed by atoms with E-state index in [1.165, 1.54) is 28.5 Å². The largest absolute Gasteiger partial charge is 0.472 e. The van der Waals surface area contributed by atoms with Crippen molar-refractivity contribution in [3.8, 4) is 0 Å². The smallest absolute Gasteiger partial charge is 0.284 e. The molecule has 1 fully saturated rings. The highest BCUT2D eigenvalue weighted by molar-refractivity contribution is 7.16. The zero-order chi connectivity index (χ0) is 17.2. The molecule has 1 aliphatic rings. The minimum Gasteiger partial charge on any atom is -0.472 e. The van der Waals surface area contributed by atoms with Gasteiger partial charge in [-0.15, -0.1) is 16.4 Å². The van der Waals surface area contributed by atoms with Gasteiger partial charge in [-0.05, 0) is 24.6 Å². The normalized spacial score (nSPS) is 17.1. The Balaban J connectivity index is 1.61. The summed E-state index contributed by atoms with van der Waals surface area (Å²) in [5.41, 5.74) is 0.418. The van der Waals surface area contributed by atoms with Crippen LogP contribution in [0.25, 0.3) is 0 Å². The molecule has 3 aromatic rings. The molecular weight excluding hydrogens is 364 g/mol. The topological polar surface area (TPSA) is 82.2 Å². The summed E-state index contributed by atoms with van der Waals surface area (Å²) in [4.78, 5) is 18.3. The summed E-state index contributed by atoms with van der Waals surface area (Å²) in [5, 5.41) is 7.59. The number of furan rings is 1. The first-order valence-electron chi connectivity index (χ1n) is 7.80. The number of nitrogens with zero attached hydrogens (tertiary/aromatic N) is 3. The van der Waals surface area contributed by atoms with Crippen LogP contribution in [0.15, 0.2) is 35.1 Å². The van der Waals surface area contributed by atoms with Crippen molar-refractivity contribution in [1.29, 1.82) is 0 Å². The Kier molecular flexibility index (Phi) is 4.56. The zero-order valence-electron chi connectivity index (χ0n) is 13.1. The van der Waals surface area contributed by atoms with Crippen LogP contribution in [-0.4, -0.2) is 33.9 Å². The van der Waals surface area contributed by atoms with Crippen molar-refractivity contribution >= 4 is 34.8 Å². The standard InChI is InChI=1S/C16H15ClN4O3S/c17-13-2-1-12(25-13)7-18-16-19-14(10-3-5-23-8-10)20-21(16)15(22)11-4-6-24-9-11/h1-2,4,6,9-10H,3,5,7-8H2,(H,18,19,20). The predicted molar refractivity (Wildman–Crippen MR) is 93.3 cm³/mol. The Morgan fingerprint density at radius 2 is 2.36 bits per heavy atom. The van der Waals surface area contributed by atoms with Crippen LogP contribution >= 0.6 is 22.9 Å². The molecule has 1 N–H and O–H groups in total. The van der Waals surface area contributed by atoms with Gasteiger partial charge in [-0.2, -0.15) is 9.67 Å². The summed E-state index contributed by atoms with van der Waals surface area (Å²) >= 11 is 7.44. The molecule has 0 aliphatic carbocycles. The van der Waals surface area contributed by atoms with Crippen LogP contribution in [0.5, 0.6) is 0 Å². The van der Waals surface area contributed by atoms with Crippen molar-refractivity contribution in [2.45, 2.75) is 18.9 Å². The van der Waals surface area contributed by atoms with Gasteiger partial charge in [-0.25, -0.2) is 0 Å². The molecule has 130 valence electrons. The highest BCUT2D eigenvalue weighted by Crippen LogP contribution is 2.25. The van der Waals surface area contributed by atoms with E-state index in [1.54, 1.807) is 6.07 Å². The van der Waals surface area contributed by atoms with Crippen LogP contribution in [0.2, 0.25) is 4.34 Å². The van der Waals surface area contributed by atoms with Gasteiger partial charge in [0.25, 0.3) is 5.91 Å². The van der Waals surface area contributed by atoms with Gasteiger partial charge < -0.3 is 14.5 Å². The summed E-state index contributed by atoms with van der Waals surface area (Å²) in [7, 11) is 0. The van der Waals surface area contributed by atoms with E-state index in [-0.39, 0.29) is 11.8 Å². The van der Waals surface area contributed by atoms with Gasteiger partial charge >= 0.3 is 0 Å². The fraction of sp³-hybridized carbons (Fsp3) is 0.312. The number of halogens is 1. The number of thiophene rings is 1. The Morgan fingerprint density at radius 1 is 1.44 bits per heavy atom. The lowest BCUT2D eigenvalue weighted by Crippen LogP contribution is -2.17. The van der Waals surface area contributed by atoms with E-state index in [0.717, 1.165) is 15.6 Å². The molecule has 0 radical (unpaired) electrons. The first kappa shape index (κ1) is 16.3. The fourth-order valence-electron chi connectivity index (χ4n) is 2.62. The SMILES string of the molecule is O=C(c1ccoc1)n1nc(C2CCOC2)nc1NCc1ccc(Cl)s1. The minimum absolute atomic E-state index is 0.107. The van der Waals surface area contributed by atoms with E-state index < -0.39 is 0 Å². The maximum atomic E-state index is 12.7. The van der Waals surface area contributed by atoms with Crippen molar-refractivity contribution in [3.63, 3.8) is 0 Å². The highest BCUT2D eigenvalue weighted by atomic mass is 35.5. The number of hydrogen-bond acceptors (Lipinski definition) is 7. The van der Waals surface area contributed by atoms with Crippen LogP contribution in [0.4, 0.5) is 5.95 Å². The Bertz CT molecular complexity index is 868. The van der Waals surface area contributed by atoms with Crippen LogP contribution in [0.1, 0.15) is 33.4 Å². The van der Waals surface area contributed by atoms with E-state index in [2.05, 4.69) is 15.4 Å². The monoisotopic (exact) mass is 378 g/mol. The maximum Gasteiger partial charge on any atom is 0.284 e. The number of hydrogen-bond donors (Lipinski definition) is 1. The highest BCUT2D eigenvalue weighted by Gasteiger charge is 2.26. The number of aromatic nitrogens is 3. The molecule has 25 heavy (non-hydrogen) atoms. The zero-order valence-corrected chi connectivity index (χ0v) is 14.7. The number of ether oxygens (including phenoxy) is 1. The number of nitrogens with one attached hydrogen (secondary N) is 1. The molecule has 1 saturated heterocycles. The van der Waals surface area contributed by atoms with E-state index in [4.69, 9.17) is 20.8 Å². The van der Waals surface area contributed by atoms with Gasteiger partial charge in [-0.3, -0.25) is 4.79 Å². The van der Waals surface area contributed by atoms with Gasteiger partial charge in [0.1, 0.15) is 6.26 Å². The lowest BCUT2D eigenvalue weighted by Gasteiger charge is -2.04. The van der Waals surface area contributed by atoms with Crippen LogP contribution < -0.4 is 5.32 Å². The second-order valence-electron chi connectivity index (χ2n) is 5.64. The summed E-state index contributed by atoms with van der Waals surface area (Å²) in [5.74, 6) is 0.826. The fourth-order valence-corrected chi connectivity index (χ4v) is 3.64. The average molecular weight is 379 g/mol. The lowest BCUT2D eigenvalue weighted by molar-refractivity contribution is 0.0946. The molecule has 0 bridgehead atoms. The minimum atomic E-state index is -0.293. The molecule has 0 aromatic carbocycles. The van der Waals surface area contributed by atoms with Crippen molar-refractivity contribution in [3.05, 3.63) is 51.3 Å². The molecule has 4 rings (SSSR count). The molecule has 4 heterocycles. The van der Waals surface area contributed by atoms with E-state index in [0.29, 0.717) is 37.1 Å². The van der Waals surface area contributed by atoms with Crippen LogP contribution in [0.3, 0.4) is 0 Å². The van der Waals surface area contributed by atoms with Crippen LogP contribution in [0, 0.1) is 0 Å². The molecular formula is C16H15ClN4O3S. The molecule has 9 heteroatoms. The quantitative estimate of drug-likeness (QED) is 0.732. The Labute approximate surface area is 152 Å². The van der Waals surface area contributed by atoms with E-state index in [1.807, 2.05) is 12.1 Å². The second kappa shape index (κ2) is 6.99. The number of anilines is 1. The first-order chi connectivity index (χ1) is 12.2. The van der Waals surface area contributed by atoms with Gasteiger partial charge in [0.2, 0.25) is 5.95 Å². The third-order valence-corrected chi connectivity index (χ3v) is 5.16. The van der Waals surface area contributed by atoms with Crippen molar-refractivity contribution in [1.82, 2.24) is 14.8 Å². The van der Waals surface area contributed by atoms with E-state index in [9.17, 15) is 4.79 Å². The molecule has 0 amide bonds. The van der Waals surface area contributed by atoms with Gasteiger partial charge in [0.15, 0.2) is 5.82 Å². The molecule has 1 aliphatic heterocycles. The molecule has 3 aromatic heterocycles. The predicted octanol–water partition coefficient (Wildman–Crippen LogP) is 3.39. The van der Waals surface area contributed by atoms with Crippen molar-refractivity contribution in [2.75, 3.05) is 18.5 Å². The second-order valence-corrected chi connectivity index (χ2v) is 7.44. The van der Waals surface area contributed by atoms with Crippen molar-refractivity contribution in [2.24, 2.45) is 0 Å². The first-order valence-corrected chi connectivity index (χ1v) is 9.00. The van der Waals surface area contributed by atoms with Crippen LogP contribution in [-0.2, 0) is 11.3 Å². The van der Waals surface area contributed by atoms with E-state index >= 15 is 0 Å². The third kappa shape index (κ3) is 3.46. The summed E-state index contributed by atoms with van der Waals surface area (Å²) in [6.45, 7) is 1.77. The maximum absolute atomic E-state index is 12.7. The Morgan fingerprint density at radius 3 is 3.04 bits per heavy atom. The Hall–Kier alpha value is -2.16. The lowest BCUT2D eigenvalue weighted by atomic mass is 10.1. The third-order valence-electron chi connectivity index (χ3n) is 3.93. The van der Waals surface area contributed by atoms with Crippen molar-refractivity contribution < 1.29 is 13.9 Å². The molecule has 1 unspecified atom stereocenters. The molecule has 0 saturated carbocycles. The number of rotatable bonds is 5. The van der Waals surface area contributed by atoms with Gasteiger partial charge in [0.05, 0.1) is 29.3 Å². The molecule has 7 nitrogen and oxygen atoms in total. The average Bonchev–Trinajstić information content (AvgIpc) is 3.38. The van der Waals surface area contributed by atoms with Gasteiger partial charge in [0, 0.05) is 17.4 Å². The summed E-state index contributed by atoms with van der Waals surface area (Å²) < 4.78 is 12.4. The van der Waals surface area contributed by atoms with Gasteiger partial charge in [-0.1, -0.05) is 11.6 Å². The number of carbonyl (C=O) groups excluding carboxylic acids is 1. The number of carbonyl (C=O) groups is 1.